The van der Waals surface area contributed by atoms with Gasteiger partial charge in [0, 0.05) is 19.5 Å². The summed E-state index contributed by atoms with van der Waals surface area (Å²) >= 11 is 1.65. The van der Waals surface area contributed by atoms with Crippen LogP contribution in [0, 0.1) is 11.8 Å². The van der Waals surface area contributed by atoms with Crippen molar-refractivity contribution in [2.45, 2.75) is 51.0 Å². The third kappa shape index (κ3) is 3.25. The largest absolute Gasteiger partial charge is 0.333 e. The molecule has 0 spiro atoms. The van der Waals surface area contributed by atoms with Gasteiger partial charge in [0.05, 0.1) is 28.1 Å². The van der Waals surface area contributed by atoms with E-state index in [1.165, 1.54) is 4.90 Å². The van der Waals surface area contributed by atoms with E-state index < -0.39 is 0 Å². The van der Waals surface area contributed by atoms with Crippen molar-refractivity contribution in [3.63, 3.8) is 0 Å². The zero-order chi connectivity index (χ0) is 20.0. The molecule has 0 radical (unpaired) electrons. The van der Waals surface area contributed by atoms with Crippen LogP contribution in [0.15, 0.2) is 24.3 Å². The van der Waals surface area contributed by atoms with Crippen molar-refractivity contribution in [3.8, 4) is 0 Å². The molecule has 1 saturated carbocycles. The average Bonchev–Trinajstić information content (AvgIpc) is 3.44. The van der Waals surface area contributed by atoms with E-state index in [9.17, 15) is 14.4 Å². The number of carbonyl (C=O) groups is 3. The number of benzene rings is 1. The molecule has 0 bridgehead atoms. The van der Waals surface area contributed by atoms with Crippen LogP contribution in [0.5, 0.6) is 0 Å². The second-order valence-corrected chi connectivity index (χ2v) is 9.40. The standard InChI is InChI=1S/C22H25N3O3S/c26-19(11-13-25-21(27)14-6-1-2-7-15(14)22(25)28)24-12-5-9-17(24)20-23-16-8-3-4-10-18(16)29-20/h3-4,8,10,14-15,17H,1-2,5-7,9,11-13H2/t14-,15+,17-/m1/s1. The highest BCUT2D eigenvalue weighted by Crippen LogP contribution is 2.39. The lowest BCUT2D eigenvalue weighted by Gasteiger charge is -2.24. The molecule has 1 aromatic heterocycles. The highest BCUT2D eigenvalue weighted by Gasteiger charge is 2.48. The summed E-state index contributed by atoms with van der Waals surface area (Å²) in [5, 5.41) is 0.983. The van der Waals surface area contributed by atoms with Crippen LogP contribution < -0.4 is 0 Å². The Kier molecular flexibility index (Phi) is 4.86. The van der Waals surface area contributed by atoms with Crippen molar-refractivity contribution in [3.05, 3.63) is 29.3 Å². The predicted octanol–water partition coefficient (Wildman–Crippen LogP) is 3.53. The molecule has 2 aliphatic heterocycles. The third-order valence-corrected chi connectivity index (χ3v) is 7.79. The minimum atomic E-state index is -0.145. The smallest absolute Gasteiger partial charge is 0.233 e. The lowest BCUT2D eigenvalue weighted by atomic mass is 9.81. The van der Waals surface area contributed by atoms with Crippen LogP contribution in [-0.2, 0) is 14.4 Å². The molecule has 1 aromatic carbocycles. The second-order valence-electron chi connectivity index (χ2n) is 8.34. The molecule has 3 aliphatic rings. The minimum Gasteiger partial charge on any atom is -0.333 e. The molecular formula is C22H25N3O3S. The highest BCUT2D eigenvalue weighted by atomic mass is 32.1. The summed E-state index contributed by atoms with van der Waals surface area (Å²) in [6.45, 7) is 0.930. The molecule has 3 heterocycles. The number of nitrogens with zero attached hydrogens (tertiary/aromatic N) is 3. The van der Waals surface area contributed by atoms with E-state index in [1.54, 1.807) is 11.3 Å². The molecule has 29 heavy (non-hydrogen) atoms. The van der Waals surface area contributed by atoms with E-state index in [-0.39, 0.29) is 48.6 Å². The molecule has 5 rings (SSSR count). The Morgan fingerprint density at radius 3 is 2.48 bits per heavy atom. The monoisotopic (exact) mass is 411 g/mol. The molecule has 3 atom stereocenters. The summed E-state index contributed by atoms with van der Waals surface area (Å²) in [5.41, 5.74) is 0.975. The van der Waals surface area contributed by atoms with Crippen molar-refractivity contribution in [2.75, 3.05) is 13.1 Å². The number of aromatic nitrogens is 1. The van der Waals surface area contributed by atoms with Crippen LogP contribution in [0.1, 0.15) is 56.0 Å². The Morgan fingerprint density at radius 1 is 1.03 bits per heavy atom. The van der Waals surface area contributed by atoms with Gasteiger partial charge in [-0.2, -0.15) is 0 Å². The average molecular weight is 412 g/mol. The molecular weight excluding hydrogens is 386 g/mol. The summed E-state index contributed by atoms with van der Waals surface area (Å²) in [4.78, 5) is 46.3. The number of imide groups is 1. The topological polar surface area (TPSA) is 70.6 Å². The number of carbonyl (C=O) groups excluding carboxylic acids is 3. The quantitative estimate of drug-likeness (QED) is 0.722. The van der Waals surface area contributed by atoms with Crippen LogP contribution in [0.25, 0.3) is 10.2 Å². The molecule has 3 fully saturated rings. The molecule has 2 saturated heterocycles. The van der Waals surface area contributed by atoms with E-state index in [2.05, 4.69) is 6.07 Å². The van der Waals surface area contributed by atoms with Crippen molar-refractivity contribution < 1.29 is 14.4 Å². The Balaban J connectivity index is 1.26. The first-order chi connectivity index (χ1) is 14.1. The van der Waals surface area contributed by atoms with Gasteiger partial charge >= 0.3 is 0 Å². The zero-order valence-corrected chi connectivity index (χ0v) is 17.2. The number of likely N-dealkylation sites (tertiary alicyclic amines) is 2. The van der Waals surface area contributed by atoms with Gasteiger partial charge in [0.1, 0.15) is 5.01 Å². The van der Waals surface area contributed by atoms with Gasteiger partial charge in [-0.05, 0) is 37.8 Å². The van der Waals surface area contributed by atoms with Crippen LogP contribution in [0.3, 0.4) is 0 Å². The van der Waals surface area contributed by atoms with E-state index in [0.717, 1.165) is 53.7 Å². The number of hydrogen-bond donors (Lipinski definition) is 0. The number of rotatable bonds is 4. The van der Waals surface area contributed by atoms with Crippen LogP contribution in [0.4, 0.5) is 0 Å². The normalized spacial score (nSPS) is 27.1. The third-order valence-electron chi connectivity index (χ3n) is 6.65. The van der Waals surface area contributed by atoms with Crippen LogP contribution >= 0.6 is 11.3 Å². The van der Waals surface area contributed by atoms with E-state index in [1.807, 2.05) is 23.1 Å². The maximum absolute atomic E-state index is 13.0. The molecule has 6 nitrogen and oxygen atoms in total. The van der Waals surface area contributed by atoms with E-state index >= 15 is 0 Å². The van der Waals surface area contributed by atoms with Crippen molar-refractivity contribution >= 4 is 39.3 Å². The maximum Gasteiger partial charge on any atom is 0.233 e. The highest BCUT2D eigenvalue weighted by molar-refractivity contribution is 7.18. The van der Waals surface area contributed by atoms with E-state index in [0.29, 0.717) is 6.54 Å². The molecule has 1 aliphatic carbocycles. The molecule has 0 N–H and O–H groups in total. The summed E-state index contributed by atoms with van der Waals surface area (Å²) in [6, 6.07) is 8.05. The number of fused-ring (bicyclic) bond motifs is 2. The van der Waals surface area contributed by atoms with Crippen molar-refractivity contribution in [1.29, 1.82) is 0 Å². The second kappa shape index (κ2) is 7.52. The lowest BCUT2D eigenvalue weighted by Crippen LogP contribution is -2.37. The minimum absolute atomic E-state index is 0.00691. The Morgan fingerprint density at radius 2 is 1.76 bits per heavy atom. The number of para-hydroxylation sites is 1. The summed E-state index contributed by atoms with van der Waals surface area (Å²) in [6.07, 6.45) is 5.74. The van der Waals surface area contributed by atoms with Gasteiger partial charge in [-0.25, -0.2) is 4.98 Å². The number of thiazole rings is 1. The van der Waals surface area contributed by atoms with Gasteiger partial charge in [-0.1, -0.05) is 25.0 Å². The zero-order valence-electron chi connectivity index (χ0n) is 16.4. The maximum atomic E-state index is 13.0. The van der Waals surface area contributed by atoms with Crippen molar-refractivity contribution in [1.82, 2.24) is 14.8 Å². The first-order valence-electron chi connectivity index (χ1n) is 10.6. The van der Waals surface area contributed by atoms with Crippen LogP contribution in [-0.4, -0.2) is 45.6 Å². The lowest BCUT2D eigenvalue weighted by molar-refractivity contribution is -0.141. The molecule has 7 heteroatoms. The summed E-state index contributed by atoms with van der Waals surface area (Å²) < 4.78 is 1.14. The fourth-order valence-corrected chi connectivity index (χ4v) is 6.27. The van der Waals surface area contributed by atoms with Gasteiger partial charge in [0.2, 0.25) is 17.7 Å². The molecule has 3 amide bonds. The molecule has 2 aromatic rings. The van der Waals surface area contributed by atoms with Crippen LogP contribution in [0.2, 0.25) is 0 Å². The number of amides is 3. The Bertz CT molecular complexity index is 914. The van der Waals surface area contributed by atoms with Gasteiger partial charge in [-0.15, -0.1) is 11.3 Å². The summed E-state index contributed by atoms with van der Waals surface area (Å²) in [7, 11) is 0. The summed E-state index contributed by atoms with van der Waals surface area (Å²) in [5.74, 6) is -0.391. The predicted molar refractivity (Wildman–Crippen MR) is 110 cm³/mol. The molecule has 0 unspecified atom stereocenters. The van der Waals surface area contributed by atoms with Crippen molar-refractivity contribution in [2.24, 2.45) is 11.8 Å². The SMILES string of the molecule is O=C1[C@H]2CCCC[C@H]2C(=O)N1CCC(=O)N1CCC[C@@H]1c1nc2ccccc2s1. The molecule has 152 valence electrons. The Labute approximate surface area is 173 Å². The van der Waals surface area contributed by atoms with Gasteiger partial charge in [-0.3, -0.25) is 19.3 Å². The number of hydrogen-bond acceptors (Lipinski definition) is 5. The fourth-order valence-electron chi connectivity index (χ4n) is 5.16. The first kappa shape index (κ1) is 18.7. The van der Waals surface area contributed by atoms with Gasteiger partial charge in [0.25, 0.3) is 0 Å². The van der Waals surface area contributed by atoms with E-state index in [4.69, 9.17) is 4.98 Å². The first-order valence-corrected chi connectivity index (χ1v) is 11.5. The Hall–Kier alpha value is -2.28. The fraction of sp³-hybridized carbons (Fsp3) is 0.545. The van der Waals surface area contributed by atoms with Gasteiger partial charge in [0.15, 0.2) is 0 Å². The van der Waals surface area contributed by atoms with Gasteiger partial charge < -0.3 is 4.90 Å².